The summed E-state index contributed by atoms with van der Waals surface area (Å²) in [4.78, 5) is 26.7. The van der Waals surface area contributed by atoms with Crippen LogP contribution in [0, 0.1) is 28.9 Å². The van der Waals surface area contributed by atoms with Crippen LogP contribution in [-0.2, 0) is 11.3 Å². The highest BCUT2D eigenvalue weighted by atomic mass is 19.2. The number of rotatable bonds is 6. The smallest absolute Gasteiger partial charge is 0.228 e. The fourth-order valence-electron chi connectivity index (χ4n) is 5.26. The van der Waals surface area contributed by atoms with Crippen LogP contribution in [0.1, 0.15) is 31.2 Å². The fraction of sp³-hybridized carbons (Fsp3) is 0.542. The molecular weight excluding hydrogens is 412 g/mol. The highest BCUT2D eigenvalue weighted by molar-refractivity contribution is 5.84. The third-order valence-corrected chi connectivity index (χ3v) is 7.20. The van der Waals surface area contributed by atoms with Crippen LogP contribution < -0.4 is 10.2 Å². The summed E-state index contributed by atoms with van der Waals surface area (Å²) in [7, 11) is 0. The number of nitrogens with zero attached hydrogens (tertiary/aromatic N) is 4. The van der Waals surface area contributed by atoms with Crippen molar-refractivity contribution in [2.45, 2.75) is 32.2 Å². The molecule has 0 bridgehead atoms. The van der Waals surface area contributed by atoms with E-state index in [1.54, 1.807) is 24.5 Å². The Morgan fingerprint density at radius 3 is 2.72 bits per heavy atom. The summed E-state index contributed by atoms with van der Waals surface area (Å²) in [5, 5.41) is 3.24. The van der Waals surface area contributed by atoms with Gasteiger partial charge in [-0.1, -0.05) is 6.07 Å². The third kappa shape index (κ3) is 4.33. The molecule has 8 heteroatoms. The number of aromatic nitrogens is 2. The number of carbonyl (C=O) groups excluding carboxylic acids is 1. The lowest BCUT2D eigenvalue weighted by atomic mass is 9.74. The molecule has 2 aromatic rings. The van der Waals surface area contributed by atoms with E-state index in [2.05, 4.69) is 25.1 Å². The van der Waals surface area contributed by atoms with Gasteiger partial charge in [-0.2, -0.15) is 0 Å². The predicted octanol–water partition coefficient (Wildman–Crippen LogP) is 3.00. The lowest BCUT2D eigenvalue weighted by molar-refractivity contribution is -0.132. The molecule has 1 amide bonds. The van der Waals surface area contributed by atoms with Gasteiger partial charge in [0.25, 0.3) is 0 Å². The minimum Gasteiger partial charge on any atom is -0.355 e. The molecule has 2 saturated heterocycles. The van der Waals surface area contributed by atoms with E-state index >= 15 is 0 Å². The SMILES string of the molecule is O=C(NCC1CC1)[C@]12CCCN(Cc3ccc(F)c(F)c3)C[C@H]1CN(c1ncccn1)C2. The van der Waals surface area contributed by atoms with Gasteiger partial charge >= 0.3 is 0 Å². The summed E-state index contributed by atoms with van der Waals surface area (Å²) in [5.41, 5.74) is 0.257. The van der Waals surface area contributed by atoms with Crippen LogP contribution >= 0.6 is 0 Å². The van der Waals surface area contributed by atoms with Gasteiger partial charge in [-0.05, 0) is 61.9 Å². The van der Waals surface area contributed by atoms with Crippen molar-refractivity contribution in [1.82, 2.24) is 20.2 Å². The van der Waals surface area contributed by atoms with Gasteiger partial charge in [0.2, 0.25) is 11.9 Å². The average Bonchev–Trinajstić information content (AvgIpc) is 3.58. The molecule has 1 aliphatic carbocycles. The van der Waals surface area contributed by atoms with E-state index < -0.39 is 17.0 Å². The number of amides is 1. The highest BCUT2D eigenvalue weighted by Crippen LogP contribution is 2.44. The normalized spacial score (nSPS) is 25.9. The molecular formula is C24H29F2N5O. The Kier molecular flexibility index (Phi) is 5.80. The Hall–Kier alpha value is -2.61. The van der Waals surface area contributed by atoms with Gasteiger partial charge in [0.15, 0.2) is 11.6 Å². The van der Waals surface area contributed by atoms with Crippen molar-refractivity contribution >= 4 is 11.9 Å². The second-order valence-electron chi connectivity index (χ2n) is 9.52. The summed E-state index contributed by atoms with van der Waals surface area (Å²) in [5.74, 6) is -0.119. The van der Waals surface area contributed by atoms with Crippen molar-refractivity contribution in [1.29, 1.82) is 0 Å². The minimum absolute atomic E-state index is 0.110. The molecule has 1 aromatic heterocycles. The quantitative estimate of drug-likeness (QED) is 0.747. The average molecular weight is 442 g/mol. The Balaban J connectivity index is 1.37. The van der Waals surface area contributed by atoms with Crippen LogP contribution in [0.5, 0.6) is 0 Å². The standard InChI is InChI=1S/C24H29F2N5O/c25-20-6-5-18(11-21(20)26)13-30-10-1-7-24(22(32)29-12-17-3-4-17)16-31(15-19(24)14-30)23-27-8-2-9-28-23/h2,5-6,8-9,11,17,19H,1,3-4,7,10,12-16H2,(H,29,32)/t19-,24-/m0/s1. The van der Waals surface area contributed by atoms with Gasteiger partial charge in [-0.3, -0.25) is 9.69 Å². The molecule has 0 unspecified atom stereocenters. The largest absolute Gasteiger partial charge is 0.355 e. The van der Waals surface area contributed by atoms with Crippen LogP contribution in [0.3, 0.4) is 0 Å². The first-order chi connectivity index (χ1) is 15.5. The van der Waals surface area contributed by atoms with E-state index in [4.69, 9.17) is 0 Å². The van der Waals surface area contributed by atoms with Crippen molar-refractivity contribution in [2.75, 3.05) is 37.6 Å². The first kappa shape index (κ1) is 21.2. The number of halogens is 2. The molecule has 1 N–H and O–H groups in total. The molecule has 2 atom stereocenters. The zero-order valence-electron chi connectivity index (χ0n) is 18.1. The number of hydrogen-bond acceptors (Lipinski definition) is 5. The molecule has 3 heterocycles. The Morgan fingerprint density at radius 2 is 1.97 bits per heavy atom. The molecule has 2 aliphatic heterocycles. The Bertz CT molecular complexity index is 970. The van der Waals surface area contributed by atoms with Gasteiger partial charge < -0.3 is 10.2 Å². The van der Waals surface area contributed by atoms with Crippen LogP contribution in [-0.4, -0.2) is 53.5 Å². The molecule has 3 aliphatic rings. The lowest BCUT2D eigenvalue weighted by Crippen LogP contribution is -2.48. The summed E-state index contributed by atoms with van der Waals surface area (Å²) in [6.07, 6.45) is 7.52. The zero-order valence-corrected chi connectivity index (χ0v) is 18.1. The van der Waals surface area contributed by atoms with E-state index in [1.807, 2.05) is 0 Å². The third-order valence-electron chi connectivity index (χ3n) is 7.20. The summed E-state index contributed by atoms with van der Waals surface area (Å²) >= 11 is 0. The van der Waals surface area contributed by atoms with Crippen LogP contribution in [0.4, 0.5) is 14.7 Å². The molecule has 32 heavy (non-hydrogen) atoms. The monoisotopic (exact) mass is 441 g/mol. The molecule has 1 saturated carbocycles. The van der Waals surface area contributed by atoms with Gasteiger partial charge in [-0.25, -0.2) is 18.7 Å². The maximum Gasteiger partial charge on any atom is 0.228 e. The van der Waals surface area contributed by atoms with Crippen molar-refractivity contribution in [3.05, 3.63) is 53.9 Å². The zero-order chi connectivity index (χ0) is 22.1. The fourth-order valence-corrected chi connectivity index (χ4v) is 5.26. The number of anilines is 1. The molecule has 3 fully saturated rings. The first-order valence-corrected chi connectivity index (χ1v) is 11.5. The molecule has 6 nitrogen and oxygen atoms in total. The molecule has 1 aromatic carbocycles. The summed E-state index contributed by atoms with van der Waals surface area (Å²) in [6.45, 7) is 4.16. The number of fused-ring (bicyclic) bond motifs is 1. The van der Waals surface area contributed by atoms with E-state index in [-0.39, 0.29) is 11.8 Å². The van der Waals surface area contributed by atoms with E-state index in [1.165, 1.54) is 25.0 Å². The number of benzene rings is 1. The first-order valence-electron chi connectivity index (χ1n) is 11.5. The lowest BCUT2D eigenvalue weighted by Gasteiger charge is -2.32. The summed E-state index contributed by atoms with van der Waals surface area (Å²) < 4.78 is 27.1. The molecule has 0 radical (unpaired) electrons. The molecule has 5 rings (SSSR count). The van der Waals surface area contributed by atoms with Gasteiger partial charge in [0, 0.05) is 51.0 Å². The van der Waals surface area contributed by atoms with E-state index in [0.29, 0.717) is 31.5 Å². The van der Waals surface area contributed by atoms with Gasteiger partial charge in [0.1, 0.15) is 0 Å². The molecule has 170 valence electrons. The van der Waals surface area contributed by atoms with Gasteiger partial charge in [0.05, 0.1) is 5.41 Å². The van der Waals surface area contributed by atoms with Crippen LogP contribution in [0.15, 0.2) is 36.7 Å². The van der Waals surface area contributed by atoms with Crippen LogP contribution in [0.2, 0.25) is 0 Å². The van der Waals surface area contributed by atoms with Gasteiger partial charge in [-0.15, -0.1) is 0 Å². The summed E-state index contributed by atoms with van der Waals surface area (Å²) in [6, 6.07) is 5.88. The van der Waals surface area contributed by atoms with E-state index in [0.717, 1.165) is 38.0 Å². The topological polar surface area (TPSA) is 61.4 Å². The maximum atomic E-state index is 13.7. The second kappa shape index (κ2) is 8.73. The highest BCUT2D eigenvalue weighted by Gasteiger charge is 2.53. The number of likely N-dealkylation sites (tertiary alicyclic amines) is 1. The number of hydrogen-bond donors (Lipinski definition) is 1. The Labute approximate surface area is 187 Å². The van der Waals surface area contributed by atoms with Crippen LogP contribution in [0.25, 0.3) is 0 Å². The minimum atomic E-state index is -0.828. The predicted molar refractivity (Wildman–Crippen MR) is 117 cm³/mol. The Morgan fingerprint density at radius 1 is 1.16 bits per heavy atom. The van der Waals surface area contributed by atoms with Crippen molar-refractivity contribution < 1.29 is 13.6 Å². The van der Waals surface area contributed by atoms with Crippen molar-refractivity contribution in [3.8, 4) is 0 Å². The van der Waals surface area contributed by atoms with E-state index in [9.17, 15) is 13.6 Å². The number of nitrogens with one attached hydrogen (secondary N) is 1. The second-order valence-corrected chi connectivity index (χ2v) is 9.52. The molecule has 0 spiro atoms. The number of carbonyl (C=O) groups is 1. The van der Waals surface area contributed by atoms with Crippen molar-refractivity contribution in [3.63, 3.8) is 0 Å². The maximum absolute atomic E-state index is 13.7. The van der Waals surface area contributed by atoms with Crippen molar-refractivity contribution in [2.24, 2.45) is 17.3 Å².